The molecule has 1 aromatic rings. The number of carbonyl (C=O) groups is 1. The van der Waals surface area contributed by atoms with E-state index >= 15 is 0 Å². The van der Waals surface area contributed by atoms with Crippen molar-refractivity contribution in [2.75, 3.05) is 0 Å². The van der Waals surface area contributed by atoms with Crippen molar-refractivity contribution in [1.82, 2.24) is 10.3 Å². The molecule has 0 unspecified atom stereocenters. The highest BCUT2D eigenvalue weighted by Gasteiger charge is 2.38. The zero-order valence-corrected chi connectivity index (χ0v) is 10.7. The molecule has 96 valence electrons. The molecule has 5 nitrogen and oxygen atoms in total. The van der Waals surface area contributed by atoms with Crippen LogP contribution in [0, 0.1) is 0 Å². The van der Waals surface area contributed by atoms with Crippen LogP contribution in [0.3, 0.4) is 0 Å². The molecule has 1 aliphatic rings. The van der Waals surface area contributed by atoms with Crippen LogP contribution in [-0.4, -0.2) is 26.5 Å². The van der Waals surface area contributed by atoms with Crippen molar-refractivity contribution < 1.29 is 9.90 Å². The summed E-state index contributed by atoms with van der Waals surface area (Å²) in [6, 6.07) is 1.47. The van der Waals surface area contributed by atoms with Crippen LogP contribution in [0.5, 0.6) is 5.75 Å². The number of nitrogens with two attached hydrogens (primary N) is 1. The van der Waals surface area contributed by atoms with Crippen molar-refractivity contribution in [2.45, 2.75) is 31.2 Å². The predicted molar refractivity (Wildman–Crippen MR) is 71.4 cm³/mol. The van der Waals surface area contributed by atoms with Crippen molar-refractivity contribution in [3.63, 3.8) is 0 Å². The average molecular weight is 265 g/mol. The molecule has 2 rings (SSSR count). The molecule has 1 saturated carbocycles. The number of aromatic nitrogens is 1. The summed E-state index contributed by atoms with van der Waals surface area (Å²) in [4.78, 5) is 16.2. The molecule has 1 heterocycles. The van der Waals surface area contributed by atoms with Gasteiger partial charge in [-0.15, -0.1) is 0 Å². The lowest BCUT2D eigenvalue weighted by atomic mass is 9.97. The highest BCUT2D eigenvalue weighted by molar-refractivity contribution is 7.80. The number of hydrogen-bond donors (Lipinski definition) is 3. The Morgan fingerprint density at radius 3 is 2.72 bits per heavy atom. The zero-order chi connectivity index (χ0) is 13.2. The first-order valence-corrected chi connectivity index (χ1v) is 6.21. The molecule has 1 amide bonds. The molecule has 0 bridgehead atoms. The van der Waals surface area contributed by atoms with Crippen molar-refractivity contribution in [1.29, 1.82) is 0 Å². The maximum atomic E-state index is 12.1. The smallest absolute Gasteiger partial charge is 0.255 e. The van der Waals surface area contributed by atoms with Gasteiger partial charge < -0.3 is 16.2 Å². The summed E-state index contributed by atoms with van der Waals surface area (Å²) in [6.45, 7) is 0. The summed E-state index contributed by atoms with van der Waals surface area (Å²) in [5.41, 5.74) is 5.32. The third-order valence-electron chi connectivity index (χ3n) is 3.33. The molecule has 0 atom stereocenters. The third kappa shape index (κ3) is 2.28. The summed E-state index contributed by atoms with van der Waals surface area (Å²) in [5.74, 6) is -0.518. The Labute approximate surface area is 110 Å². The molecule has 1 aromatic heterocycles. The van der Waals surface area contributed by atoms with Crippen LogP contribution in [-0.2, 0) is 0 Å². The van der Waals surface area contributed by atoms with Gasteiger partial charge in [-0.3, -0.25) is 9.78 Å². The highest BCUT2D eigenvalue weighted by atomic mass is 32.1. The standard InChI is InChI=1S/C12H15N3O2S/c13-11(18)12(4-1-2-5-12)15-10(17)8-3-6-14-7-9(8)16/h3,6-7,16H,1-2,4-5H2,(H2,13,18)(H,15,17). The maximum Gasteiger partial charge on any atom is 0.255 e. The normalized spacial score (nSPS) is 17.3. The summed E-state index contributed by atoms with van der Waals surface area (Å²) < 4.78 is 0. The third-order valence-corrected chi connectivity index (χ3v) is 3.72. The van der Waals surface area contributed by atoms with E-state index in [1.54, 1.807) is 0 Å². The van der Waals surface area contributed by atoms with Gasteiger partial charge in [0.05, 0.1) is 22.3 Å². The minimum Gasteiger partial charge on any atom is -0.505 e. The molecule has 1 fully saturated rings. The fourth-order valence-corrected chi connectivity index (χ4v) is 2.53. The van der Waals surface area contributed by atoms with E-state index in [1.807, 2.05) is 0 Å². The van der Waals surface area contributed by atoms with E-state index < -0.39 is 5.54 Å². The van der Waals surface area contributed by atoms with Gasteiger partial charge in [0.1, 0.15) is 5.75 Å². The van der Waals surface area contributed by atoms with E-state index in [2.05, 4.69) is 10.3 Å². The number of amides is 1. The van der Waals surface area contributed by atoms with E-state index in [9.17, 15) is 9.90 Å². The summed E-state index contributed by atoms with van der Waals surface area (Å²) in [7, 11) is 0. The van der Waals surface area contributed by atoms with E-state index in [0.29, 0.717) is 4.99 Å². The topological polar surface area (TPSA) is 88.2 Å². The second kappa shape index (κ2) is 4.89. The molecule has 0 radical (unpaired) electrons. The first-order chi connectivity index (χ1) is 8.55. The lowest BCUT2D eigenvalue weighted by Crippen LogP contribution is -2.54. The largest absolute Gasteiger partial charge is 0.505 e. The zero-order valence-electron chi connectivity index (χ0n) is 9.85. The lowest BCUT2D eigenvalue weighted by Gasteiger charge is -2.29. The molecule has 0 aliphatic heterocycles. The van der Waals surface area contributed by atoms with Crippen molar-refractivity contribution in [2.24, 2.45) is 5.73 Å². The monoisotopic (exact) mass is 265 g/mol. The van der Waals surface area contributed by atoms with Crippen LogP contribution in [0.15, 0.2) is 18.5 Å². The van der Waals surface area contributed by atoms with Crippen molar-refractivity contribution in [3.8, 4) is 5.75 Å². The van der Waals surface area contributed by atoms with Crippen LogP contribution < -0.4 is 11.1 Å². The highest BCUT2D eigenvalue weighted by Crippen LogP contribution is 2.30. The Bertz CT molecular complexity index is 484. The summed E-state index contributed by atoms with van der Waals surface area (Å²) in [6.07, 6.45) is 6.16. The number of carbonyl (C=O) groups excluding carboxylic acids is 1. The Hall–Kier alpha value is -1.69. The second-order valence-electron chi connectivity index (χ2n) is 4.50. The number of hydrogen-bond acceptors (Lipinski definition) is 4. The lowest BCUT2D eigenvalue weighted by molar-refractivity contribution is 0.0921. The SMILES string of the molecule is NC(=S)C1(NC(=O)c2ccncc2O)CCCC1. The molecular formula is C12H15N3O2S. The van der Waals surface area contributed by atoms with Gasteiger partial charge in [0, 0.05) is 6.20 Å². The van der Waals surface area contributed by atoms with Gasteiger partial charge in [-0.1, -0.05) is 25.1 Å². The number of pyridine rings is 1. The van der Waals surface area contributed by atoms with Gasteiger partial charge >= 0.3 is 0 Å². The van der Waals surface area contributed by atoms with Gasteiger partial charge in [-0.05, 0) is 18.9 Å². The van der Waals surface area contributed by atoms with Crippen LogP contribution in [0.2, 0.25) is 0 Å². The maximum absolute atomic E-state index is 12.1. The van der Waals surface area contributed by atoms with Gasteiger partial charge in [-0.25, -0.2) is 0 Å². The minimum absolute atomic E-state index is 0.147. The van der Waals surface area contributed by atoms with E-state index in [4.69, 9.17) is 18.0 Å². The van der Waals surface area contributed by atoms with E-state index in [0.717, 1.165) is 25.7 Å². The number of thiocarbonyl (C=S) groups is 1. The van der Waals surface area contributed by atoms with Gasteiger partial charge in [-0.2, -0.15) is 0 Å². The van der Waals surface area contributed by atoms with Gasteiger partial charge in [0.25, 0.3) is 5.91 Å². The number of aromatic hydroxyl groups is 1. The fourth-order valence-electron chi connectivity index (χ4n) is 2.27. The van der Waals surface area contributed by atoms with E-state index in [-0.39, 0.29) is 17.2 Å². The molecule has 0 spiro atoms. The molecule has 0 saturated heterocycles. The summed E-state index contributed by atoms with van der Waals surface area (Å²) >= 11 is 5.06. The Morgan fingerprint density at radius 1 is 1.50 bits per heavy atom. The van der Waals surface area contributed by atoms with Crippen LogP contribution in [0.1, 0.15) is 36.0 Å². The molecule has 18 heavy (non-hydrogen) atoms. The Morgan fingerprint density at radius 2 is 2.17 bits per heavy atom. The molecule has 0 aromatic carbocycles. The molecule has 1 aliphatic carbocycles. The van der Waals surface area contributed by atoms with Crippen LogP contribution >= 0.6 is 12.2 Å². The van der Waals surface area contributed by atoms with Gasteiger partial charge in [0.2, 0.25) is 0 Å². The molecule has 4 N–H and O–H groups in total. The molecular weight excluding hydrogens is 250 g/mol. The number of nitrogens with zero attached hydrogens (tertiary/aromatic N) is 1. The van der Waals surface area contributed by atoms with E-state index in [1.165, 1.54) is 18.5 Å². The predicted octanol–water partition coefficient (Wildman–Crippen LogP) is 1.12. The Kier molecular flexibility index (Phi) is 3.47. The first kappa shape index (κ1) is 12.8. The Balaban J connectivity index is 2.21. The van der Waals surface area contributed by atoms with Crippen molar-refractivity contribution >= 4 is 23.1 Å². The summed E-state index contributed by atoms with van der Waals surface area (Å²) in [5, 5.41) is 12.4. The quantitative estimate of drug-likeness (QED) is 0.713. The fraction of sp³-hybridized carbons (Fsp3) is 0.417. The van der Waals surface area contributed by atoms with Crippen LogP contribution in [0.25, 0.3) is 0 Å². The second-order valence-corrected chi connectivity index (χ2v) is 4.94. The number of nitrogens with one attached hydrogen (secondary N) is 1. The van der Waals surface area contributed by atoms with Crippen LogP contribution in [0.4, 0.5) is 0 Å². The molecule has 6 heteroatoms. The minimum atomic E-state index is -0.609. The number of rotatable bonds is 3. The van der Waals surface area contributed by atoms with Gasteiger partial charge in [0.15, 0.2) is 0 Å². The first-order valence-electron chi connectivity index (χ1n) is 5.80. The average Bonchev–Trinajstić information content (AvgIpc) is 2.79. The van der Waals surface area contributed by atoms with Crippen molar-refractivity contribution in [3.05, 3.63) is 24.0 Å².